The van der Waals surface area contributed by atoms with E-state index in [1.165, 1.54) is 12.8 Å². The zero-order valence-corrected chi connectivity index (χ0v) is 10.2. The van der Waals surface area contributed by atoms with Crippen molar-refractivity contribution in [1.29, 1.82) is 0 Å². The number of unbranched alkanes of at least 4 members (excludes halogenated alkanes) is 3. The minimum absolute atomic E-state index is 0.526. The van der Waals surface area contributed by atoms with Crippen molar-refractivity contribution in [3.8, 4) is 0 Å². The maximum Gasteiger partial charge on any atom is 0.320 e. The lowest BCUT2D eigenvalue weighted by Crippen LogP contribution is -2.33. The standard InChI is InChI=1S/C11H25N3O2/c1-2-3-5-8-14(13)9-6-4-7-10(12)11(15)16/h10H,2-9,12-13H2,1H3,(H,15,16)/t10-/m0/s1. The molecule has 0 aromatic heterocycles. The highest BCUT2D eigenvalue weighted by Crippen LogP contribution is 2.01. The van der Waals surface area contributed by atoms with E-state index in [0.717, 1.165) is 32.4 Å². The number of nitrogens with zero attached hydrogens (tertiary/aromatic N) is 1. The third-order valence-corrected chi connectivity index (χ3v) is 2.58. The van der Waals surface area contributed by atoms with Gasteiger partial charge in [0, 0.05) is 13.1 Å². The first-order valence-corrected chi connectivity index (χ1v) is 6.06. The van der Waals surface area contributed by atoms with Gasteiger partial charge in [-0.1, -0.05) is 19.8 Å². The lowest BCUT2D eigenvalue weighted by molar-refractivity contribution is -0.138. The van der Waals surface area contributed by atoms with Crippen molar-refractivity contribution in [2.75, 3.05) is 13.1 Å². The minimum atomic E-state index is -0.924. The van der Waals surface area contributed by atoms with Crippen molar-refractivity contribution < 1.29 is 9.90 Å². The van der Waals surface area contributed by atoms with E-state index in [4.69, 9.17) is 16.7 Å². The lowest BCUT2D eigenvalue weighted by Gasteiger charge is -2.16. The SMILES string of the molecule is CCCCCN(N)CCCC[C@H](N)C(=O)O. The molecule has 0 aromatic rings. The summed E-state index contributed by atoms with van der Waals surface area (Å²) < 4.78 is 0. The molecule has 5 heteroatoms. The van der Waals surface area contributed by atoms with Crippen LogP contribution in [0.1, 0.15) is 45.4 Å². The van der Waals surface area contributed by atoms with Gasteiger partial charge in [0.2, 0.25) is 0 Å². The number of carboxylic acid groups (broad SMARTS) is 1. The van der Waals surface area contributed by atoms with Crippen LogP contribution in [0.3, 0.4) is 0 Å². The Morgan fingerprint density at radius 2 is 1.81 bits per heavy atom. The molecule has 0 rings (SSSR count). The summed E-state index contributed by atoms with van der Waals surface area (Å²) in [4.78, 5) is 10.4. The zero-order chi connectivity index (χ0) is 12.4. The maximum atomic E-state index is 10.4. The third kappa shape index (κ3) is 8.64. The molecule has 0 unspecified atom stereocenters. The number of carbonyl (C=O) groups is 1. The molecule has 0 amide bonds. The zero-order valence-electron chi connectivity index (χ0n) is 10.2. The van der Waals surface area contributed by atoms with Gasteiger partial charge >= 0.3 is 5.97 Å². The molecule has 1 atom stereocenters. The van der Waals surface area contributed by atoms with E-state index >= 15 is 0 Å². The molecule has 16 heavy (non-hydrogen) atoms. The van der Waals surface area contributed by atoms with Gasteiger partial charge in [0.15, 0.2) is 0 Å². The highest BCUT2D eigenvalue weighted by molar-refractivity contribution is 5.72. The quantitative estimate of drug-likeness (QED) is 0.295. The molecule has 5 N–H and O–H groups in total. The molecule has 0 spiro atoms. The highest BCUT2D eigenvalue weighted by atomic mass is 16.4. The van der Waals surface area contributed by atoms with E-state index in [-0.39, 0.29) is 0 Å². The molecule has 0 aliphatic carbocycles. The summed E-state index contributed by atoms with van der Waals surface area (Å²) in [6.07, 6.45) is 5.78. The van der Waals surface area contributed by atoms with Gasteiger partial charge in [-0.3, -0.25) is 10.6 Å². The highest BCUT2D eigenvalue weighted by Gasteiger charge is 2.10. The molecular weight excluding hydrogens is 206 g/mol. The van der Waals surface area contributed by atoms with Gasteiger partial charge in [0.05, 0.1) is 0 Å². The number of hydrazine groups is 1. The van der Waals surface area contributed by atoms with Crippen molar-refractivity contribution in [3.63, 3.8) is 0 Å². The summed E-state index contributed by atoms with van der Waals surface area (Å²) in [6, 6.07) is -0.730. The van der Waals surface area contributed by atoms with Crippen LogP contribution in [0.2, 0.25) is 0 Å². The molecular formula is C11H25N3O2. The molecule has 0 radical (unpaired) electrons. The van der Waals surface area contributed by atoms with Crippen molar-refractivity contribution in [2.45, 2.75) is 51.5 Å². The van der Waals surface area contributed by atoms with Crippen molar-refractivity contribution in [2.24, 2.45) is 11.6 Å². The van der Waals surface area contributed by atoms with E-state index in [9.17, 15) is 4.79 Å². The molecule has 0 heterocycles. The Balaban J connectivity index is 3.33. The topological polar surface area (TPSA) is 92.6 Å². The van der Waals surface area contributed by atoms with Gasteiger partial charge in [0.1, 0.15) is 6.04 Å². The molecule has 0 saturated carbocycles. The van der Waals surface area contributed by atoms with Crippen LogP contribution in [0.15, 0.2) is 0 Å². The van der Waals surface area contributed by atoms with Crippen LogP contribution >= 0.6 is 0 Å². The summed E-state index contributed by atoms with van der Waals surface area (Å²) in [5.41, 5.74) is 5.39. The van der Waals surface area contributed by atoms with Crippen LogP contribution in [-0.4, -0.2) is 35.2 Å². The van der Waals surface area contributed by atoms with E-state index < -0.39 is 12.0 Å². The first-order valence-electron chi connectivity index (χ1n) is 6.06. The van der Waals surface area contributed by atoms with E-state index in [0.29, 0.717) is 6.42 Å². The van der Waals surface area contributed by atoms with Crippen LogP contribution < -0.4 is 11.6 Å². The molecule has 5 nitrogen and oxygen atoms in total. The number of carboxylic acids is 1. The average Bonchev–Trinajstić information content (AvgIpc) is 2.24. The second kappa shape index (κ2) is 9.57. The molecule has 0 aromatic carbocycles. The summed E-state index contributed by atoms with van der Waals surface area (Å²) >= 11 is 0. The van der Waals surface area contributed by atoms with Crippen LogP contribution in [0.5, 0.6) is 0 Å². The number of hydrogen-bond acceptors (Lipinski definition) is 4. The Kier molecular flexibility index (Phi) is 9.18. The van der Waals surface area contributed by atoms with Crippen molar-refractivity contribution in [3.05, 3.63) is 0 Å². The molecule has 0 aliphatic heterocycles. The van der Waals surface area contributed by atoms with Crippen LogP contribution in [0, 0.1) is 0 Å². The molecule has 0 bridgehead atoms. The second-order valence-electron chi connectivity index (χ2n) is 4.18. The summed E-state index contributed by atoms with van der Waals surface area (Å²) in [5, 5.41) is 10.4. The van der Waals surface area contributed by atoms with E-state index in [1.54, 1.807) is 0 Å². The summed E-state index contributed by atoms with van der Waals surface area (Å²) in [7, 11) is 0. The van der Waals surface area contributed by atoms with E-state index in [2.05, 4.69) is 6.92 Å². The van der Waals surface area contributed by atoms with Gasteiger partial charge in [-0.25, -0.2) is 5.01 Å². The average molecular weight is 231 g/mol. The fourth-order valence-corrected chi connectivity index (χ4v) is 1.48. The number of nitrogens with two attached hydrogens (primary N) is 2. The third-order valence-electron chi connectivity index (χ3n) is 2.58. The monoisotopic (exact) mass is 231 g/mol. The van der Waals surface area contributed by atoms with Crippen LogP contribution in [0.4, 0.5) is 0 Å². The van der Waals surface area contributed by atoms with Crippen molar-refractivity contribution >= 4 is 5.97 Å². The Morgan fingerprint density at radius 3 is 2.31 bits per heavy atom. The fourth-order valence-electron chi connectivity index (χ4n) is 1.48. The smallest absolute Gasteiger partial charge is 0.320 e. The van der Waals surface area contributed by atoms with E-state index in [1.807, 2.05) is 5.01 Å². The number of hydrogen-bond donors (Lipinski definition) is 3. The van der Waals surface area contributed by atoms with Gasteiger partial charge in [-0.15, -0.1) is 0 Å². The Hall–Kier alpha value is -0.650. The second-order valence-corrected chi connectivity index (χ2v) is 4.18. The molecule has 0 aliphatic rings. The largest absolute Gasteiger partial charge is 0.480 e. The first kappa shape index (κ1) is 15.3. The predicted molar refractivity (Wildman–Crippen MR) is 64.7 cm³/mol. The first-order chi connectivity index (χ1) is 7.57. The predicted octanol–water partition coefficient (Wildman–Crippen LogP) is 0.935. The van der Waals surface area contributed by atoms with Gasteiger partial charge in [-0.2, -0.15) is 0 Å². The Bertz CT molecular complexity index is 188. The molecule has 0 fully saturated rings. The summed E-state index contributed by atoms with van der Waals surface area (Å²) in [6.45, 7) is 3.89. The maximum absolute atomic E-state index is 10.4. The number of rotatable bonds is 10. The lowest BCUT2D eigenvalue weighted by atomic mass is 10.1. The number of aliphatic carboxylic acids is 1. The van der Waals surface area contributed by atoms with Gasteiger partial charge in [-0.05, 0) is 25.7 Å². The Labute approximate surface area is 97.8 Å². The summed E-state index contributed by atoms with van der Waals surface area (Å²) in [5.74, 6) is 4.85. The molecule has 0 saturated heterocycles. The minimum Gasteiger partial charge on any atom is -0.480 e. The van der Waals surface area contributed by atoms with Crippen LogP contribution in [-0.2, 0) is 4.79 Å². The van der Waals surface area contributed by atoms with Gasteiger partial charge in [0.25, 0.3) is 0 Å². The van der Waals surface area contributed by atoms with Gasteiger partial charge < -0.3 is 10.8 Å². The normalized spacial score (nSPS) is 13.0. The Morgan fingerprint density at radius 1 is 1.25 bits per heavy atom. The van der Waals surface area contributed by atoms with Crippen molar-refractivity contribution in [1.82, 2.24) is 5.01 Å². The fraction of sp³-hybridized carbons (Fsp3) is 0.909. The van der Waals surface area contributed by atoms with Crippen LogP contribution in [0.25, 0.3) is 0 Å². The molecule has 96 valence electrons.